The summed E-state index contributed by atoms with van der Waals surface area (Å²) in [7, 11) is 0. The Kier molecular flexibility index (Phi) is 3.16. The van der Waals surface area contributed by atoms with Gasteiger partial charge in [0, 0.05) is 0 Å². The lowest BCUT2D eigenvalue weighted by Gasteiger charge is -2.19. The highest BCUT2D eigenvalue weighted by atomic mass is 127. The van der Waals surface area contributed by atoms with E-state index in [1.807, 2.05) is 0 Å². The maximum absolute atomic E-state index is 11.8. The van der Waals surface area contributed by atoms with Gasteiger partial charge in [0.25, 0.3) is 0 Å². The first-order chi connectivity index (χ1) is 4.19. The van der Waals surface area contributed by atoms with Crippen LogP contribution in [0.3, 0.4) is 0 Å². The third-order valence-corrected chi connectivity index (χ3v) is 1.71. The zero-order valence-corrected chi connectivity index (χ0v) is 7.14. The molecule has 0 bridgehead atoms. The van der Waals surface area contributed by atoms with Crippen molar-refractivity contribution in [1.29, 1.82) is 0 Å². The standard InChI is InChI=1S/C3HClF5I/c4-1(10)2(5,6)3(7,8)9/h1H. The number of hydrogen-bond donors (Lipinski definition) is 0. The van der Waals surface area contributed by atoms with Crippen molar-refractivity contribution in [2.24, 2.45) is 0 Å². The van der Waals surface area contributed by atoms with E-state index in [9.17, 15) is 22.0 Å². The molecule has 0 aromatic carbocycles. The number of halogens is 7. The van der Waals surface area contributed by atoms with Crippen LogP contribution >= 0.6 is 34.2 Å². The average molecular weight is 294 g/mol. The minimum atomic E-state index is -5.55. The molecule has 0 aromatic heterocycles. The summed E-state index contributed by atoms with van der Waals surface area (Å²) in [4.78, 5) is 0. The molecule has 0 rings (SSSR count). The van der Waals surface area contributed by atoms with Gasteiger partial charge in [-0.3, -0.25) is 0 Å². The molecule has 0 nitrogen and oxygen atoms in total. The van der Waals surface area contributed by atoms with E-state index in [1.165, 1.54) is 0 Å². The molecule has 0 saturated carbocycles. The van der Waals surface area contributed by atoms with Crippen LogP contribution in [0.15, 0.2) is 0 Å². The van der Waals surface area contributed by atoms with Crippen LogP contribution in [0, 0.1) is 0 Å². The van der Waals surface area contributed by atoms with Crippen molar-refractivity contribution in [3.63, 3.8) is 0 Å². The maximum atomic E-state index is 11.8. The van der Waals surface area contributed by atoms with Gasteiger partial charge < -0.3 is 0 Å². The molecule has 0 N–H and O–H groups in total. The summed E-state index contributed by atoms with van der Waals surface area (Å²) in [6, 6.07) is 0. The van der Waals surface area contributed by atoms with Gasteiger partial charge in [0.1, 0.15) is 0 Å². The van der Waals surface area contributed by atoms with Gasteiger partial charge in [-0.2, -0.15) is 22.0 Å². The lowest BCUT2D eigenvalue weighted by molar-refractivity contribution is -0.273. The zero-order valence-electron chi connectivity index (χ0n) is 4.22. The molecule has 0 aliphatic rings. The number of alkyl halides is 7. The van der Waals surface area contributed by atoms with Gasteiger partial charge in [0.2, 0.25) is 0 Å². The predicted octanol–water partition coefficient (Wildman–Crippen LogP) is 3.18. The Labute approximate surface area is 71.9 Å². The van der Waals surface area contributed by atoms with E-state index in [-0.39, 0.29) is 0 Å². The molecule has 62 valence electrons. The van der Waals surface area contributed by atoms with Crippen molar-refractivity contribution in [2.75, 3.05) is 0 Å². The second kappa shape index (κ2) is 2.96. The molecule has 7 heteroatoms. The summed E-state index contributed by atoms with van der Waals surface area (Å²) in [5, 5.41) is 0. The molecule has 0 heterocycles. The van der Waals surface area contributed by atoms with Crippen LogP contribution in [0.25, 0.3) is 0 Å². The molecule has 1 atom stereocenters. The highest BCUT2D eigenvalue weighted by molar-refractivity contribution is 14.1. The van der Waals surface area contributed by atoms with E-state index in [0.717, 1.165) is 22.6 Å². The summed E-state index contributed by atoms with van der Waals surface area (Å²) >= 11 is 5.38. The van der Waals surface area contributed by atoms with Crippen LogP contribution < -0.4 is 0 Å². The van der Waals surface area contributed by atoms with Gasteiger partial charge in [-0.25, -0.2) is 0 Å². The van der Waals surface area contributed by atoms with Crippen molar-refractivity contribution < 1.29 is 22.0 Å². The van der Waals surface area contributed by atoms with Crippen molar-refractivity contribution in [3.8, 4) is 0 Å². The summed E-state index contributed by atoms with van der Waals surface area (Å²) < 4.78 is 55.1. The van der Waals surface area contributed by atoms with Gasteiger partial charge in [-0.1, -0.05) is 22.6 Å². The average Bonchev–Trinajstić information content (AvgIpc) is 1.62. The van der Waals surface area contributed by atoms with Crippen LogP contribution in [-0.4, -0.2) is 15.5 Å². The molecule has 1 unspecified atom stereocenters. The summed E-state index contributed by atoms with van der Waals surface area (Å²) in [5.41, 5.74) is 0. The highest BCUT2D eigenvalue weighted by Crippen LogP contribution is 2.42. The zero-order chi connectivity index (χ0) is 8.58. The topological polar surface area (TPSA) is 0 Å². The Hall–Kier alpha value is 0.670. The Bertz CT molecular complexity index is 119. The van der Waals surface area contributed by atoms with Crippen LogP contribution in [-0.2, 0) is 0 Å². The molecule has 0 saturated heterocycles. The maximum Gasteiger partial charge on any atom is 0.455 e. The van der Waals surface area contributed by atoms with E-state index >= 15 is 0 Å². The minimum absolute atomic E-state index is 0.806. The molecule has 0 fully saturated rings. The van der Waals surface area contributed by atoms with E-state index < -0.39 is 15.5 Å². The molecule has 0 aliphatic carbocycles. The summed E-state index contributed by atoms with van der Waals surface area (Å²) in [6.45, 7) is 0. The van der Waals surface area contributed by atoms with Gasteiger partial charge in [-0.05, 0) is 0 Å². The molecule has 0 spiro atoms. The fraction of sp³-hybridized carbons (Fsp3) is 1.00. The third-order valence-electron chi connectivity index (χ3n) is 0.652. The normalized spacial score (nSPS) is 17.1. The van der Waals surface area contributed by atoms with Gasteiger partial charge in [0.05, 0.1) is 0 Å². The smallest absolute Gasteiger partial charge is 0.194 e. The van der Waals surface area contributed by atoms with Crippen LogP contribution in [0.1, 0.15) is 0 Å². The van der Waals surface area contributed by atoms with E-state index in [0.29, 0.717) is 0 Å². The second-order valence-corrected chi connectivity index (χ2v) is 3.84. The van der Waals surface area contributed by atoms with E-state index in [1.54, 1.807) is 0 Å². The molecule has 0 amide bonds. The van der Waals surface area contributed by atoms with Gasteiger partial charge >= 0.3 is 12.1 Å². The van der Waals surface area contributed by atoms with Gasteiger partial charge in [-0.15, -0.1) is 11.6 Å². The molecule has 0 radical (unpaired) electrons. The Morgan fingerprint density at radius 3 is 1.40 bits per heavy atom. The molecule has 0 aromatic rings. The predicted molar refractivity (Wildman–Crippen MR) is 34.7 cm³/mol. The summed E-state index contributed by atoms with van der Waals surface area (Å²) in [5.74, 6) is -4.81. The van der Waals surface area contributed by atoms with Crippen molar-refractivity contribution in [2.45, 2.75) is 15.5 Å². The monoisotopic (exact) mass is 294 g/mol. The second-order valence-electron chi connectivity index (χ2n) is 1.42. The van der Waals surface area contributed by atoms with E-state index in [4.69, 9.17) is 0 Å². The van der Waals surface area contributed by atoms with Crippen LogP contribution in [0.2, 0.25) is 0 Å². The largest absolute Gasteiger partial charge is 0.455 e. The van der Waals surface area contributed by atoms with Crippen LogP contribution in [0.4, 0.5) is 22.0 Å². The fourth-order valence-corrected chi connectivity index (χ4v) is 0.601. The SMILES string of the molecule is FC(F)(F)C(F)(F)C(Cl)I. The number of rotatable bonds is 1. The first kappa shape index (κ1) is 10.7. The summed E-state index contributed by atoms with van der Waals surface area (Å²) in [6.07, 6.45) is -5.55. The van der Waals surface area contributed by atoms with Crippen LogP contribution in [0.5, 0.6) is 0 Å². The first-order valence-corrected chi connectivity index (χ1v) is 3.60. The molecule has 0 aliphatic heterocycles. The Balaban J connectivity index is 4.40. The third kappa shape index (κ3) is 2.08. The van der Waals surface area contributed by atoms with Crippen molar-refractivity contribution in [1.82, 2.24) is 0 Å². The molecular weight excluding hydrogens is 293 g/mol. The lowest BCUT2D eigenvalue weighted by Crippen LogP contribution is -2.41. The Morgan fingerprint density at radius 2 is 1.40 bits per heavy atom. The first-order valence-electron chi connectivity index (χ1n) is 1.92. The Morgan fingerprint density at radius 1 is 1.10 bits per heavy atom. The van der Waals surface area contributed by atoms with Crippen molar-refractivity contribution >= 4 is 34.2 Å². The quantitative estimate of drug-likeness (QED) is 0.396. The molecular formula is C3HClF5I. The highest BCUT2D eigenvalue weighted by Gasteiger charge is 2.61. The fourth-order valence-electron chi connectivity index (χ4n) is 0.124. The van der Waals surface area contributed by atoms with Gasteiger partial charge in [0.15, 0.2) is 3.38 Å². The molecule has 10 heavy (non-hydrogen) atoms. The van der Waals surface area contributed by atoms with Crippen molar-refractivity contribution in [3.05, 3.63) is 0 Å². The number of hydrogen-bond acceptors (Lipinski definition) is 0. The van der Waals surface area contributed by atoms with E-state index in [2.05, 4.69) is 11.6 Å². The lowest BCUT2D eigenvalue weighted by atomic mass is 10.4. The minimum Gasteiger partial charge on any atom is -0.194 e.